The monoisotopic (exact) mass is 325 g/mol. The van der Waals surface area contributed by atoms with Gasteiger partial charge in [-0.3, -0.25) is 4.98 Å². The van der Waals surface area contributed by atoms with Crippen LogP contribution in [0.4, 0.5) is 13.2 Å². The molecule has 0 aliphatic carbocycles. The van der Waals surface area contributed by atoms with E-state index in [0.717, 1.165) is 29.0 Å². The van der Waals surface area contributed by atoms with Crippen molar-refractivity contribution in [3.63, 3.8) is 0 Å². The molecule has 24 heavy (non-hydrogen) atoms. The lowest BCUT2D eigenvalue weighted by Gasteiger charge is -2.04. The smallest absolute Gasteiger partial charge is 0.250 e. The molecule has 3 aromatic rings. The predicted molar refractivity (Wildman–Crippen MR) is 82.7 cm³/mol. The highest BCUT2D eigenvalue weighted by Crippen LogP contribution is 2.27. The molecule has 0 bridgehead atoms. The molecule has 0 saturated heterocycles. The maximum absolute atomic E-state index is 12.5. The second kappa shape index (κ2) is 6.50. The lowest BCUT2D eigenvalue weighted by Crippen LogP contribution is -2.07. The third-order valence-corrected chi connectivity index (χ3v) is 3.16. The third-order valence-electron chi connectivity index (χ3n) is 3.16. The molecule has 3 rings (SSSR count). The maximum Gasteiger partial charge on any atom is 0.433 e. The molecule has 0 N–H and O–H groups in total. The van der Waals surface area contributed by atoms with Crippen LogP contribution >= 0.6 is 0 Å². The molecule has 0 aliphatic heterocycles. The first-order chi connectivity index (χ1) is 11.5. The zero-order chi connectivity index (χ0) is 17.0. The van der Waals surface area contributed by atoms with E-state index in [9.17, 15) is 13.2 Å². The van der Waals surface area contributed by atoms with Crippen LogP contribution in [0.5, 0.6) is 0 Å². The number of hydrogen-bond acceptors (Lipinski definition) is 3. The van der Waals surface area contributed by atoms with Crippen molar-refractivity contribution in [2.24, 2.45) is 0 Å². The van der Waals surface area contributed by atoms with E-state index in [-0.39, 0.29) is 0 Å². The minimum Gasteiger partial charge on any atom is -0.250 e. The van der Waals surface area contributed by atoms with E-state index in [2.05, 4.69) is 26.8 Å². The molecule has 0 amide bonds. The highest BCUT2D eigenvalue weighted by molar-refractivity contribution is 5.63. The van der Waals surface area contributed by atoms with Gasteiger partial charge in [0, 0.05) is 35.3 Å². The summed E-state index contributed by atoms with van der Waals surface area (Å²) in [7, 11) is 0. The zero-order valence-corrected chi connectivity index (χ0v) is 12.2. The fraction of sp³-hybridized carbons (Fsp3) is 0.0556. The Morgan fingerprint density at radius 2 is 1.54 bits per heavy atom. The molecular weight excluding hydrogens is 315 g/mol. The van der Waals surface area contributed by atoms with Crippen molar-refractivity contribution >= 4 is 0 Å². The second-order valence-corrected chi connectivity index (χ2v) is 4.89. The van der Waals surface area contributed by atoms with E-state index < -0.39 is 11.9 Å². The Bertz CT molecular complexity index is 893. The molecule has 0 unspecified atom stereocenters. The SMILES string of the molecule is FC(F)(F)c1ccc(C#Cc2cccc(-c3cncnc3)c2)cn1. The van der Waals surface area contributed by atoms with Crippen LogP contribution in [-0.2, 0) is 6.18 Å². The molecule has 2 heterocycles. The highest BCUT2D eigenvalue weighted by Gasteiger charge is 2.31. The lowest BCUT2D eigenvalue weighted by atomic mass is 10.1. The van der Waals surface area contributed by atoms with Gasteiger partial charge in [0.25, 0.3) is 0 Å². The molecule has 118 valence electrons. The standard InChI is InChI=1S/C18H10F3N3/c19-18(20,21)17-7-6-14(9-24-17)5-4-13-2-1-3-15(8-13)16-10-22-12-23-11-16/h1-3,6-12H. The molecule has 0 atom stereocenters. The quantitative estimate of drug-likeness (QED) is 0.636. The number of benzene rings is 1. The van der Waals surface area contributed by atoms with Crippen molar-refractivity contribution in [2.75, 3.05) is 0 Å². The molecule has 0 aliphatic rings. The van der Waals surface area contributed by atoms with Crippen LogP contribution in [0.1, 0.15) is 16.8 Å². The Hall–Kier alpha value is -3.20. The summed E-state index contributed by atoms with van der Waals surface area (Å²) in [5, 5.41) is 0. The third kappa shape index (κ3) is 3.76. The van der Waals surface area contributed by atoms with Gasteiger partial charge in [0.05, 0.1) is 0 Å². The van der Waals surface area contributed by atoms with E-state index >= 15 is 0 Å². The average molecular weight is 325 g/mol. The summed E-state index contributed by atoms with van der Waals surface area (Å²) in [6.45, 7) is 0. The number of nitrogens with zero attached hydrogens (tertiary/aromatic N) is 3. The fourth-order valence-corrected chi connectivity index (χ4v) is 2.00. The number of aromatic nitrogens is 3. The Morgan fingerprint density at radius 3 is 2.21 bits per heavy atom. The van der Waals surface area contributed by atoms with E-state index in [1.165, 1.54) is 12.4 Å². The molecule has 0 radical (unpaired) electrons. The van der Waals surface area contributed by atoms with Crippen molar-refractivity contribution in [1.29, 1.82) is 0 Å². The zero-order valence-electron chi connectivity index (χ0n) is 12.2. The van der Waals surface area contributed by atoms with Crippen molar-refractivity contribution in [3.05, 3.63) is 78.1 Å². The summed E-state index contributed by atoms with van der Waals surface area (Å²) in [6, 6.07) is 9.65. The molecule has 0 spiro atoms. The Morgan fingerprint density at radius 1 is 0.792 bits per heavy atom. The lowest BCUT2D eigenvalue weighted by molar-refractivity contribution is -0.141. The van der Waals surface area contributed by atoms with Crippen LogP contribution in [0.15, 0.2) is 61.3 Å². The molecule has 6 heteroatoms. The normalized spacial score (nSPS) is 10.8. The number of halogens is 3. The van der Waals surface area contributed by atoms with Gasteiger partial charge in [0.1, 0.15) is 12.0 Å². The van der Waals surface area contributed by atoms with E-state index in [1.807, 2.05) is 24.3 Å². The van der Waals surface area contributed by atoms with Crippen molar-refractivity contribution in [2.45, 2.75) is 6.18 Å². The topological polar surface area (TPSA) is 38.7 Å². The Labute approximate surface area is 136 Å². The molecule has 0 fully saturated rings. The molecule has 2 aromatic heterocycles. The van der Waals surface area contributed by atoms with E-state index in [4.69, 9.17) is 0 Å². The van der Waals surface area contributed by atoms with Gasteiger partial charge in [-0.05, 0) is 29.8 Å². The first kappa shape index (κ1) is 15.7. The van der Waals surface area contributed by atoms with E-state index in [1.54, 1.807) is 12.4 Å². The summed E-state index contributed by atoms with van der Waals surface area (Å²) < 4.78 is 37.4. The first-order valence-electron chi connectivity index (χ1n) is 6.93. The van der Waals surface area contributed by atoms with Gasteiger partial charge in [0.15, 0.2) is 0 Å². The van der Waals surface area contributed by atoms with Crippen LogP contribution in [-0.4, -0.2) is 15.0 Å². The first-order valence-corrected chi connectivity index (χ1v) is 6.93. The summed E-state index contributed by atoms with van der Waals surface area (Å²) in [6.07, 6.45) is 1.51. The van der Waals surface area contributed by atoms with Gasteiger partial charge < -0.3 is 0 Å². The van der Waals surface area contributed by atoms with Gasteiger partial charge in [0.2, 0.25) is 0 Å². The van der Waals surface area contributed by atoms with Crippen molar-refractivity contribution in [3.8, 4) is 23.0 Å². The van der Waals surface area contributed by atoms with Crippen molar-refractivity contribution in [1.82, 2.24) is 15.0 Å². The van der Waals surface area contributed by atoms with Crippen LogP contribution < -0.4 is 0 Å². The second-order valence-electron chi connectivity index (χ2n) is 4.89. The Balaban J connectivity index is 1.84. The van der Waals surface area contributed by atoms with Crippen LogP contribution in [0, 0.1) is 11.8 Å². The van der Waals surface area contributed by atoms with Crippen LogP contribution in [0.25, 0.3) is 11.1 Å². The van der Waals surface area contributed by atoms with Gasteiger partial charge in [-0.25, -0.2) is 9.97 Å². The molecular formula is C18H10F3N3. The molecule has 1 aromatic carbocycles. The number of rotatable bonds is 1. The number of hydrogen-bond donors (Lipinski definition) is 0. The van der Waals surface area contributed by atoms with Gasteiger partial charge in [-0.15, -0.1) is 0 Å². The number of alkyl halides is 3. The predicted octanol–water partition coefficient (Wildman–Crippen LogP) is 3.96. The number of pyridine rings is 1. The minimum atomic E-state index is -4.45. The van der Waals surface area contributed by atoms with E-state index in [0.29, 0.717) is 5.56 Å². The molecule has 3 nitrogen and oxygen atoms in total. The van der Waals surface area contributed by atoms with Crippen LogP contribution in [0.2, 0.25) is 0 Å². The molecule has 0 saturated carbocycles. The van der Waals surface area contributed by atoms with Gasteiger partial charge in [-0.1, -0.05) is 24.0 Å². The fourth-order valence-electron chi connectivity index (χ4n) is 2.00. The summed E-state index contributed by atoms with van der Waals surface area (Å²) in [4.78, 5) is 11.3. The van der Waals surface area contributed by atoms with Gasteiger partial charge >= 0.3 is 6.18 Å². The largest absolute Gasteiger partial charge is 0.433 e. The Kier molecular flexibility index (Phi) is 4.25. The highest BCUT2D eigenvalue weighted by atomic mass is 19.4. The van der Waals surface area contributed by atoms with Gasteiger partial charge in [-0.2, -0.15) is 13.2 Å². The maximum atomic E-state index is 12.5. The van der Waals surface area contributed by atoms with Crippen LogP contribution in [0.3, 0.4) is 0 Å². The summed E-state index contributed by atoms with van der Waals surface area (Å²) in [5.74, 6) is 5.72. The van der Waals surface area contributed by atoms with Crippen molar-refractivity contribution < 1.29 is 13.2 Å². The minimum absolute atomic E-state index is 0.413. The summed E-state index contributed by atoms with van der Waals surface area (Å²) >= 11 is 0. The average Bonchev–Trinajstić information content (AvgIpc) is 2.61. The summed E-state index contributed by atoms with van der Waals surface area (Å²) in [5.41, 5.74) is 1.98.